The number of nitrogens with zero attached hydrogens (tertiary/aromatic N) is 2. The molecule has 1 heterocycles. The predicted molar refractivity (Wildman–Crippen MR) is 133 cm³/mol. The highest BCUT2D eigenvalue weighted by molar-refractivity contribution is 7.89. The number of nitrogens with one attached hydrogen (secondary N) is 1. The van der Waals surface area contributed by atoms with Gasteiger partial charge in [-0.25, -0.2) is 13.4 Å². The third-order valence-electron chi connectivity index (χ3n) is 5.41. The van der Waals surface area contributed by atoms with E-state index in [-0.39, 0.29) is 10.8 Å². The summed E-state index contributed by atoms with van der Waals surface area (Å²) in [7, 11) is -3.68. The zero-order valence-corrected chi connectivity index (χ0v) is 20.1. The van der Waals surface area contributed by atoms with Gasteiger partial charge in [0.25, 0.3) is 5.91 Å². The van der Waals surface area contributed by atoms with Crippen molar-refractivity contribution >= 4 is 42.6 Å². The first kappa shape index (κ1) is 23.1. The molecule has 33 heavy (non-hydrogen) atoms. The Morgan fingerprint density at radius 3 is 2.36 bits per heavy atom. The number of thiazole rings is 1. The van der Waals surface area contributed by atoms with E-state index in [1.165, 1.54) is 39.9 Å². The summed E-state index contributed by atoms with van der Waals surface area (Å²) in [5.74, 6) is -0.326. The Morgan fingerprint density at radius 1 is 0.970 bits per heavy atom. The smallest absolute Gasteiger partial charge is 0.257 e. The van der Waals surface area contributed by atoms with Crippen LogP contribution < -0.4 is 5.32 Å². The highest BCUT2D eigenvalue weighted by Gasteiger charge is 2.23. The maximum absolute atomic E-state index is 13.1. The van der Waals surface area contributed by atoms with Gasteiger partial charge in [-0.1, -0.05) is 67.6 Å². The lowest BCUT2D eigenvalue weighted by Gasteiger charge is -2.20. The van der Waals surface area contributed by atoms with Gasteiger partial charge in [0.15, 0.2) is 5.13 Å². The monoisotopic (exact) mass is 479 g/mol. The van der Waals surface area contributed by atoms with Gasteiger partial charge < -0.3 is 0 Å². The molecule has 0 aliphatic heterocycles. The summed E-state index contributed by atoms with van der Waals surface area (Å²) in [5, 5.41) is 3.35. The Labute approximate surface area is 198 Å². The minimum Gasteiger partial charge on any atom is -0.298 e. The van der Waals surface area contributed by atoms with Crippen LogP contribution in [0.25, 0.3) is 10.2 Å². The predicted octanol–water partition coefficient (Wildman–Crippen LogP) is 5.32. The molecular weight excluding hydrogens is 454 g/mol. The number of sulfonamides is 1. The number of carbonyl (C=O) groups excluding carboxylic acids is 1. The van der Waals surface area contributed by atoms with Gasteiger partial charge in [0.05, 0.1) is 15.1 Å². The van der Waals surface area contributed by atoms with Crippen LogP contribution in [0.5, 0.6) is 0 Å². The fraction of sp³-hybridized carbons (Fsp3) is 0.200. The number of anilines is 1. The summed E-state index contributed by atoms with van der Waals surface area (Å²) < 4.78 is 28.7. The van der Waals surface area contributed by atoms with Gasteiger partial charge in [-0.05, 0) is 47.9 Å². The second-order valence-corrected chi connectivity index (χ2v) is 10.5. The van der Waals surface area contributed by atoms with Crippen molar-refractivity contribution in [2.24, 2.45) is 0 Å². The number of fused-ring (bicyclic) bond motifs is 1. The number of aryl methyl sites for hydroxylation is 1. The van der Waals surface area contributed by atoms with Crippen LogP contribution in [0.1, 0.15) is 35.3 Å². The van der Waals surface area contributed by atoms with Crippen molar-refractivity contribution in [2.75, 3.05) is 11.9 Å². The molecule has 3 aromatic carbocycles. The van der Waals surface area contributed by atoms with Crippen LogP contribution in [-0.4, -0.2) is 30.2 Å². The molecule has 4 aromatic rings. The van der Waals surface area contributed by atoms with E-state index in [9.17, 15) is 13.2 Å². The van der Waals surface area contributed by atoms with Crippen molar-refractivity contribution in [1.82, 2.24) is 9.29 Å². The molecule has 0 spiro atoms. The van der Waals surface area contributed by atoms with E-state index in [0.29, 0.717) is 23.8 Å². The van der Waals surface area contributed by atoms with E-state index in [0.717, 1.165) is 27.8 Å². The lowest BCUT2D eigenvalue weighted by Crippen LogP contribution is -2.30. The van der Waals surface area contributed by atoms with Crippen molar-refractivity contribution in [3.05, 3.63) is 89.5 Å². The van der Waals surface area contributed by atoms with Crippen LogP contribution in [0.15, 0.2) is 77.7 Å². The lowest BCUT2D eigenvalue weighted by atomic mass is 10.1. The number of amides is 1. The topological polar surface area (TPSA) is 79.4 Å². The van der Waals surface area contributed by atoms with Gasteiger partial charge in [-0.15, -0.1) is 0 Å². The molecule has 170 valence electrons. The average Bonchev–Trinajstić information content (AvgIpc) is 3.25. The van der Waals surface area contributed by atoms with Crippen LogP contribution in [0.2, 0.25) is 0 Å². The molecule has 8 heteroatoms. The normalized spacial score (nSPS) is 11.7. The molecule has 0 bridgehead atoms. The average molecular weight is 480 g/mol. The van der Waals surface area contributed by atoms with Crippen molar-refractivity contribution in [3.8, 4) is 0 Å². The van der Waals surface area contributed by atoms with E-state index in [1.54, 1.807) is 0 Å². The first-order valence-corrected chi connectivity index (χ1v) is 13.0. The molecular formula is C25H25N3O3S2. The van der Waals surface area contributed by atoms with Gasteiger partial charge in [0.1, 0.15) is 0 Å². The molecule has 6 nitrogen and oxygen atoms in total. The fourth-order valence-corrected chi connectivity index (χ4v) is 5.94. The van der Waals surface area contributed by atoms with Gasteiger partial charge >= 0.3 is 0 Å². The molecule has 0 aliphatic rings. The van der Waals surface area contributed by atoms with Crippen molar-refractivity contribution in [1.29, 1.82) is 0 Å². The van der Waals surface area contributed by atoms with Crippen LogP contribution in [0.3, 0.4) is 0 Å². The van der Waals surface area contributed by atoms with E-state index < -0.39 is 10.0 Å². The summed E-state index contributed by atoms with van der Waals surface area (Å²) in [6.45, 7) is 4.52. The quantitative estimate of drug-likeness (QED) is 0.371. The van der Waals surface area contributed by atoms with E-state index >= 15 is 0 Å². The van der Waals surface area contributed by atoms with Gasteiger partial charge in [-0.3, -0.25) is 10.1 Å². The number of carbonyl (C=O) groups is 1. The molecule has 0 fully saturated rings. The third-order valence-corrected chi connectivity index (χ3v) is 8.28. The summed E-state index contributed by atoms with van der Waals surface area (Å²) in [6.07, 6.45) is 0.865. The second kappa shape index (κ2) is 9.82. The minimum atomic E-state index is -3.68. The summed E-state index contributed by atoms with van der Waals surface area (Å²) in [6, 6.07) is 21.5. The van der Waals surface area contributed by atoms with E-state index in [1.807, 2.05) is 55.5 Å². The molecule has 0 atom stereocenters. The van der Waals surface area contributed by atoms with Crippen LogP contribution in [0, 0.1) is 0 Å². The largest absolute Gasteiger partial charge is 0.298 e. The third kappa shape index (κ3) is 4.98. The number of hydrogen-bond acceptors (Lipinski definition) is 5. The summed E-state index contributed by atoms with van der Waals surface area (Å²) in [5.41, 5.74) is 3.32. The van der Waals surface area contributed by atoms with Crippen molar-refractivity contribution in [2.45, 2.75) is 31.7 Å². The van der Waals surface area contributed by atoms with E-state index in [2.05, 4.69) is 17.2 Å². The molecule has 0 saturated heterocycles. The van der Waals surface area contributed by atoms with Gasteiger partial charge in [-0.2, -0.15) is 4.31 Å². The Bertz CT molecular complexity index is 1370. The highest BCUT2D eigenvalue weighted by atomic mass is 32.2. The first-order chi connectivity index (χ1) is 15.9. The Hall–Kier alpha value is -3.07. The number of aromatic nitrogens is 1. The second-order valence-electron chi connectivity index (χ2n) is 7.53. The zero-order valence-electron chi connectivity index (χ0n) is 18.5. The standard InChI is InChI=1S/C25H25N3O3S2/c1-3-19-11-8-12-22-23(19)26-25(32-22)27-24(29)20-13-15-21(16-14-20)33(30,31)28(4-2)17-18-9-6-5-7-10-18/h5-16H,3-4,17H2,1-2H3,(H,26,27,29). The number of hydrogen-bond donors (Lipinski definition) is 1. The molecule has 1 amide bonds. The SMILES string of the molecule is CCc1cccc2sc(NC(=O)c3ccc(S(=O)(=O)N(CC)Cc4ccccc4)cc3)nc12. The number of rotatable bonds is 8. The fourth-order valence-electron chi connectivity index (χ4n) is 3.59. The summed E-state index contributed by atoms with van der Waals surface area (Å²) >= 11 is 1.42. The maximum atomic E-state index is 13.1. The zero-order chi connectivity index (χ0) is 23.4. The molecule has 0 saturated carbocycles. The van der Waals surface area contributed by atoms with Crippen LogP contribution in [-0.2, 0) is 23.0 Å². The summed E-state index contributed by atoms with van der Waals surface area (Å²) in [4.78, 5) is 17.5. The number of para-hydroxylation sites is 1. The van der Waals surface area contributed by atoms with E-state index in [4.69, 9.17) is 0 Å². The lowest BCUT2D eigenvalue weighted by molar-refractivity contribution is 0.102. The Morgan fingerprint density at radius 2 is 1.70 bits per heavy atom. The molecule has 4 rings (SSSR count). The maximum Gasteiger partial charge on any atom is 0.257 e. The molecule has 1 N–H and O–H groups in total. The molecule has 1 aromatic heterocycles. The minimum absolute atomic E-state index is 0.157. The first-order valence-electron chi connectivity index (χ1n) is 10.8. The van der Waals surface area contributed by atoms with Crippen LogP contribution >= 0.6 is 11.3 Å². The van der Waals surface area contributed by atoms with Crippen molar-refractivity contribution < 1.29 is 13.2 Å². The molecule has 0 unspecified atom stereocenters. The van der Waals surface area contributed by atoms with Gasteiger partial charge in [0.2, 0.25) is 10.0 Å². The molecule has 0 aliphatic carbocycles. The highest BCUT2D eigenvalue weighted by Crippen LogP contribution is 2.29. The molecule has 0 radical (unpaired) electrons. The van der Waals surface area contributed by atoms with Crippen LogP contribution in [0.4, 0.5) is 5.13 Å². The Kier molecular flexibility index (Phi) is 6.88. The number of benzene rings is 3. The van der Waals surface area contributed by atoms with Gasteiger partial charge in [0, 0.05) is 18.7 Å². The van der Waals surface area contributed by atoms with Crippen molar-refractivity contribution in [3.63, 3.8) is 0 Å². The Balaban J connectivity index is 1.50.